The predicted octanol–water partition coefficient (Wildman–Crippen LogP) is 5.32. The summed E-state index contributed by atoms with van der Waals surface area (Å²) in [5.41, 5.74) is 6.59. The van der Waals surface area contributed by atoms with E-state index in [2.05, 4.69) is 67.2 Å². The maximum absolute atomic E-state index is 8.84. The number of hydrogen-bond donors (Lipinski definition) is 1. The maximum atomic E-state index is 8.84. The molecule has 0 amide bonds. The van der Waals surface area contributed by atoms with E-state index < -0.39 is 0 Å². The molecule has 0 aliphatic rings. The molecule has 3 aromatic carbocycles. The van der Waals surface area contributed by atoms with Crippen LogP contribution in [0.25, 0.3) is 22.3 Å². The SMILES string of the molecule is N#Cc1ccc(-c2ccc(-c3ccc(CS)cc3)cc2)cc1. The van der Waals surface area contributed by atoms with Crippen LogP contribution in [0, 0.1) is 11.3 Å². The van der Waals surface area contributed by atoms with Crippen molar-refractivity contribution in [1.82, 2.24) is 0 Å². The largest absolute Gasteiger partial charge is 0.192 e. The number of benzene rings is 3. The van der Waals surface area contributed by atoms with Crippen molar-refractivity contribution in [2.75, 3.05) is 0 Å². The van der Waals surface area contributed by atoms with E-state index in [1.54, 1.807) is 0 Å². The van der Waals surface area contributed by atoms with Crippen molar-refractivity contribution in [3.63, 3.8) is 0 Å². The molecule has 3 aromatic rings. The highest BCUT2D eigenvalue weighted by atomic mass is 32.1. The maximum Gasteiger partial charge on any atom is 0.0991 e. The van der Waals surface area contributed by atoms with Crippen molar-refractivity contribution >= 4 is 12.6 Å². The zero-order valence-corrected chi connectivity index (χ0v) is 12.9. The van der Waals surface area contributed by atoms with Gasteiger partial charge in [-0.2, -0.15) is 17.9 Å². The molecule has 0 bridgehead atoms. The van der Waals surface area contributed by atoms with Gasteiger partial charge in [-0.05, 0) is 39.9 Å². The summed E-state index contributed by atoms with van der Waals surface area (Å²) in [7, 11) is 0. The first kappa shape index (κ1) is 14.4. The van der Waals surface area contributed by atoms with Gasteiger partial charge in [0, 0.05) is 5.75 Å². The van der Waals surface area contributed by atoms with E-state index in [4.69, 9.17) is 5.26 Å². The summed E-state index contributed by atoms with van der Waals surface area (Å²) >= 11 is 4.28. The highest BCUT2D eigenvalue weighted by Gasteiger charge is 2.01. The van der Waals surface area contributed by atoms with Gasteiger partial charge in [0.2, 0.25) is 0 Å². The number of hydrogen-bond acceptors (Lipinski definition) is 2. The lowest BCUT2D eigenvalue weighted by Crippen LogP contribution is -1.82. The minimum Gasteiger partial charge on any atom is -0.192 e. The van der Waals surface area contributed by atoms with Crippen LogP contribution < -0.4 is 0 Å². The Morgan fingerprint density at radius 1 is 0.636 bits per heavy atom. The van der Waals surface area contributed by atoms with Gasteiger partial charge < -0.3 is 0 Å². The Morgan fingerprint density at radius 3 is 1.36 bits per heavy atom. The number of rotatable bonds is 3. The molecular weight excluding hydrogens is 286 g/mol. The van der Waals surface area contributed by atoms with E-state index >= 15 is 0 Å². The number of nitrogens with zero attached hydrogens (tertiary/aromatic N) is 1. The van der Waals surface area contributed by atoms with Gasteiger partial charge in [-0.25, -0.2) is 0 Å². The molecule has 0 radical (unpaired) electrons. The van der Waals surface area contributed by atoms with Crippen LogP contribution >= 0.6 is 12.6 Å². The van der Waals surface area contributed by atoms with E-state index in [0.29, 0.717) is 5.56 Å². The summed E-state index contributed by atoms with van der Waals surface area (Å²) in [5.74, 6) is 0.762. The van der Waals surface area contributed by atoms with Gasteiger partial charge in [-0.15, -0.1) is 0 Å². The normalized spacial score (nSPS) is 10.2. The number of thiol groups is 1. The molecule has 0 aliphatic carbocycles. The summed E-state index contributed by atoms with van der Waals surface area (Å²) in [6, 6.07) is 26.8. The Hall–Kier alpha value is -2.50. The van der Waals surface area contributed by atoms with Gasteiger partial charge in [-0.1, -0.05) is 60.7 Å². The Morgan fingerprint density at radius 2 is 1.00 bits per heavy atom. The van der Waals surface area contributed by atoms with Gasteiger partial charge in [0.15, 0.2) is 0 Å². The molecule has 3 rings (SSSR count). The summed E-state index contributed by atoms with van der Waals surface area (Å²) < 4.78 is 0. The monoisotopic (exact) mass is 301 g/mol. The molecule has 0 aliphatic heterocycles. The van der Waals surface area contributed by atoms with Crippen LogP contribution in [-0.4, -0.2) is 0 Å². The Kier molecular flexibility index (Phi) is 4.27. The molecule has 0 saturated carbocycles. The van der Waals surface area contributed by atoms with Crippen molar-refractivity contribution < 1.29 is 0 Å². The smallest absolute Gasteiger partial charge is 0.0991 e. The first-order chi connectivity index (χ1) is 10.8. The molecule has 0 spiro atoms. The van der Waals surface area contributed by atoms with E-state index in [1.807, 2.05) is 24.3 Å². The predicted molar refractivity (Wildman–Crippen MR) is 94.7 cm³/mol. The lowest BCUT2D eigenvalue weighted by molar-refractivity contribution is 1.43. The molecule has 22 heavy (non-hydrogen) atoms. The van der Waals surface area contributed by atoms with E-state index in [9.17, 15) is 0 Å². The molecular formula is C20H15NS. The summed E-state index contributed by atoms with van der Waals surface area (Å²) in [6.45, 7) is 0. The van der Waals surface area contributed by atoms with Crippen LogP contribution in [0.3, 0.4) is 0 Å². The molecule has 0 heterocycles. The third-order valence-electron chi connectivity index (χ3n) is 3.70. The lowest BCUT2D eigenvalue weighted by Gasteiger charge is -2.06. The standard InChI is InChI=1S/C20H15NS/c21-13-15-1-5-17(6-2-15)19-9-11-20(12-10-19)18-7-3-16(14-22)4-8-18/h1-12,22H,14H2. The first-order valence-corrected chi connectivity index (χ1v) is 7.74. The van der Waals surface area contributed by atoms with Crippen molar-refractivity contribution in [2.45, 2.75) is 5.75 Å². The van der Waals surface area contributed by atoms with Gasteiger partial charge in [0.05, 0.1) is 11.6 Å². The van der Waals surface area contributed by atoms with E-state index in [1.165, 1.54) is 16.7 Å². The zero-order valence-electron chi connectivity index (χ0n) is 12.0. The molecule has 0 atom stereocenters. The van der Waals surface area contributed by atoms with Crippen LogP contribution in [0.2, 0.25) is 0 Å². The van der Waals surface area contributed by atoms with Gasteiger partial charge in [-0.3, -0.25) is 0 Å². The summed E-state index contributed by atoms with van der Waals surface area (Å²) in [5, 5.41) is 8.84. The highest BCUT2D eigenvalue weighted by molar-refractivity contribution is 7.79. The lowest BCUT2D eigenvalue weighted by atomic mass is 9.99. The van der Waals surface area contributed by atoms with E-state index in [0.717, 1.165) is 16.9 Å². The van der Waals surface area contributed by atoms with Gasteiger partial charge >= 0.3 is 0 Å². The third kappa shape index (κ3) is 3.05. The van der Waals surface area contributed by atoms with Crippen LogP contribution in [0.15, 0.2) is 72.8 Å². The van der Waals surface area contributed by atoms with Crippen LogP contribution in [-0.2, 0) is 5.75 Å². The Labute approximate surface area is 136 Å². The molecule has 0 N–H and O–H groups in total. The summed E-state index contributed by atoms with van der Waals surface area (Å²) in [4.78, 5) is 0. The second-order valence-electron chi connectivity index (χ2n) is 5.12. The third-order valence-corrected chi connectivity index (χ3v) is 4.07. The molecule has 0 fully saturated rings. The second-order valence-corrected chi connectivity index (χ2v) is 5.44. The molecule has 1 nitrogen and oxygen atoms in total. The van der Waals surface area contributed by atoms with Crippen LogP contribution in [0.5, 0.6) is 0 Å². The minimum atomic E-state index is 0.685. The average Bonchev–Trinajstić information content (AvgIpc) is 2.62. The fourth-order valence-electron chi connectivity index (χ4n) is 2.39. The molecule has 0 saturated heterocycles. The first-order valence-electron chi connectivity index (χ1n) is 7.11. The van der Waals surface area contributed by atoms with Crippen molar-refractivity contribution in [1.29, 1.82) is 5.26 Å². The topological polar surface area (TPSA) is 23.8 Å². The van der Waals surface area contributed by atoms with Crippen LogP contribution in [0.1, 0.15) is 11.1 Å². The highest BCUT2D eigenvalue weighted by Crippen LogP contribution is 2.25. The van der Waals surface area contributed by atoms with Gasteiger partial charge in [0.25, 0.3) is 0 Å². The Balaban J connectivity index is 1.86. The second kappa shape index (κ2) is 6.51. The zero-order chi connectivity index (χ0) is 15.4. The van der Waals surface area contributed by atoms with Crippen molar-refractivity contribution in [3.05, 3.63) is 83.9 Å². The molecule has 0 aromatic heterocycles. The van der Waals surface area contributed by atoms with Crippen molar-refractivity contribution in [2.24, 2.45) is 0 Å². The summed E-state index contributed by atoms with van der Waals surface area (Å²) in [6.07, 6.45) is 0. The van der Waals surface area contributed by atoms with Crippen LogP contribution in [0.4, 0.5) is 0 Å². The fraction of sp³-hybridized carbons (Fsp3) is 0.0500. The molecule has 2 heteroatoms. The van der Waals surface area contributed by atoms with E-state index in [-0.39, 0.29) is 0 Å². The van der Waals surface area contributed by atoms with Crippen molar-refractivity contribution in [3.8, 4) is 28.3 Å². The molecule has 106 valence electrons. The fourth-order valence-corrected chi connectivity index (χ4v) is 2.61. The minimum absolute atomic E-state index is 0.685. The molecule has 0 unspecified atom stereocenters. The van der Waals surface area contributed by atoms with Gasteiger partial charge in [0.1, 0.15) is 0 Å². The Bertz CT molecular complexity index is 794. The average molecular weight is 301 g/mol. The number of nitriles is 1. The quantitative estimate of drug-likeness (QED) is 0.650.